The largest absolute Gasteiger partial charge is 0.311 e. The molecule has 2 aliphatic rings. The number of Topliss-reactive ketones (excluding diaryl/α,β-unsaturated/α-hetero) is 1. The molecule has 24 heavy (non-hydrogen) atoms. The Morgan fingerprint density at radius 1 is 0.875 bits per heavy atom. The van der Waals surface area contributed by atoms with Crippen LogP contribution in [-0.2, 0) is 11.2 Å². The highest BCUT2D eigenvalue weighted by Crippen LogP contribution is 2.31. The van der Waals surface area contributed by atoms with E-state index in [-0.39, 0.29) is 5.92 Å². The first-order valence-corrected chi connectivity index (χ1v) is 9.21. The van der Waals surface area contributed by atoms with E-state index in [4.69, 9.17) is 0 Å². The normalized spacial score (nSPS) is 26.1. The van der Waals surface area contributed by atoms with E-state index in [0.29, 0.717) is 24.3 Å². The van der Waals surface area contributed by atoms with E-state index >= 15 is 0 Å². The van der Waals surface area contributed by atoms with Crippen molar-refractivity contribution in [2.45, 2.75) is 50.6 Å². The molecule has 2 saturated heterocycles. The number of hydrogen-bond acceptors (Lipinski definition) is 2. The maximum Gasteiger partial charge on any atom is 0.140 e. The lowest BCUT2D eigenvalue weighted by atomic mass is 9.77. The molecule has 0 aromatic heterocycles. The van der Waals surface area contributed by atoms with Gasteiger partial charge in [-0.05, 0) is 42.4 Å². The van der Waals surface area contributed by atoms with Crippen molar-refractivity contribution in [1.29, 1.82) is 0 Å². The highest BCUT2D eigenvalue weighted by atomic mass is 16.1. The van der Waals surface area contributed by atoms with Crippen molar-refractivity contribution in [3.8, 4) is 11.1 Å². The number of piperidine rings is 2. The van der Waals surface area contributed by atoms with E-state index < -0.39 is 0 Å². The van der Waals surface area contributed by atoms with E-state index in [1.54, 1.807) is 0 Å². The Morgan fingerprint density at radius 3 is 2.17 bits per heavy atom. The van der Waals surface area contributed by atoms with Gasteiger partial charge in [-0.1, -0.05) is 61.0 Å². The molecule has 0 radical (unpaired) electrons. The summed E-state index contributed by atoms with van der Waals surface area (Å²) >= 11 is 0. The van der Waals surface area contributed by atoms with Gasteiger partial charge in [0, 0.05) is 24.4 Å². The van der Waals surface area contributed by atoms with Gasteiger partial charge in [0.25, 0.3) is 0 Å². The Hall–Kier alpha value is -1.93. The molecule has 1 N–H and O–H groups in total. The molecule has 2 aromatic rings. The van der Waals surface area contributed by atoms with Gasteiger partial charge in [0.1, 0.15) is 5.78 Å². The lowest BCUT2D eigenvalue weighted by Gasteiger charge is -2.39. The van der Waals surface area contributed by atoms with Gasteiger partial charge in [0.2, 0.25) is 0 Å². The highest BCUT2D eigenvalue weighted by Gasteiger charge is 2.34. The average Bonchev–Trinajstić information content (AvgIpc) is 2.63. The average molecular weight is 319 g/mol. The zero-order valence-corrected chi connectivity index (χ0v) is 14.1. The maximum atomic E-state index is 12.7. The quantitative estimate of drug-likeness (QED) is 0.906. The fraction of sp³-hybridized carbons (Fsp3) is 0.409. The van der Waals surface area contributed by atoms with E-state index in [2.05, 4.69) is 53.8 Å². The predicted octanol–water partition coefficient (Wildman–Crippen LogP) is 4.39. The first-order valence-electron chi connectivity index (χ1n) is 9.21. The van der Waals surface area contributed by atoms with Crippen molar-refractivity contribution in [1.82, 2.24) is 5.32 Å². The van der Waals surface area contributed by atoms with Crippen LogP contribution in [0.1, 0.15) is 37.7 Å². The number of carbonyl (C=O) groups excluding carboxylic acids is 1. The van der Waals surface area contributed by atoms with Gasteiger partial charge in [-0.25, -0.2) is 0 Å². The highest BCUT2D eigenvalue weighted by molar-refractivity contribution is 5.83. The number of ketones is 1. The third-order valence-corrected chi connectivity index (χ3v) is 5.61. The number of fused-ring (bicyclic) bond motifs is 2. The van der Waals surface area contributed by atoms with Crippen LogP contribution in [0, 0.1) is 5.92 Å². The fourth-order valence-electron chi connectivity index (χ4n) is 4.32. The SMILES string of the molecule is O=C(Cc1ccc(-c2ccccc2)cc1)C1CC2CCCC(C1)N2. The molecule has 0 spiro atoms. The number of nitrogens with one attached hydrogen (secondary N) is 1. The van der Waals surface area contributed by atoms with Crippen LogP contribution in [0.25, 0.3) is 11.1 Å². The van der Waals surface area contributed by atoms with Gasteiger partial charge < -0.3 is 5.32 Å². The molecule has 2 fully saturated rings. The minimum Gasteiger partial charge on any atom is -0.311 e. The van der Waals surface area contributed by atoms with Gasteiger partial charge in [0.05, 0.1) is 0 Å². The molecule has 2 aromatic carbocycles. The van der Waals surface area contributed by atoms with E-state index in [1.807, 2.05) is 6.07 Å². The lowest BCUT2D eigenvalue weighted by molar-refractivity contribution is -0.124. The number of rotatable bonds is 4. The number of benzene rings is 2. The lowest BCUT2D eigenvalue weighted by Crippen LogP contribution is -2.50. The molecule has 124 valence electrons. The Kier molecular flexibility index (Phi) is 4.48. The summed E-state index contributed by atoms with van der Waals surface area (Å²) in [6.45, 7) is 0. The van der Waals surface area contributed by atoms with Crippen molar-refractivity contribution in [3.63, 3.8) is 0 Å². The summed E-state index contributed by atoms with van der Waals surface area (Å²) in [7, 11) is 0. The van der Waals surface area contributed by atoms with Gasteiger partial charge in [-0.2, -0.15) is 0 Å². The van der Waals surface area contributed by atoms with Crippen LogP contribution in [0.3, 0.4) is 0 Å². The second-order valence-corrected chi connectivity index (χ2v) is 7.37. The Bertz CT molecular complexity index is 680. The summed E-state index contributed by atoms with van der Waals surface area (Å²) in [5.41, 5.74) is 3.58. The van der Waals surface area contributed by atoms with Crippen LogP contribution in [0.15, 0.2) is 54.6 Å². The van der Waals surface area contributed by atoms with Crippen molar-refractivity contribution < 1.29 is 4.79 Å². The summed E-state index contributed by atoms with van der Waals surface area (Å²) in [6, 6.07) is 20.0. The van der Waals surface area contributed by atoms with Crippen molar-refractivity contribution in [2.24, 2.45) is 5.92 Å². The first kappa shape index (κ1) is 15.6. The van der Waals surface area contributed by atoms with Crippen molar-refractivity contribution in [3.05, 3.63) is 60.2 Å². The van der Waals surface area contributed by atoms with E-state index in [9.17, 15) is 4.79 Å². The molecule has 2 heteroatoms. The molecule has 2 bridgehead atoms. The van der Waals surface area contributed by atoms with E-state index in [1.165, 1.54) is 30.4 Å². The topological polar surface area (TPSA) is 29.1 Å². The zero-order chi connectivity index (χ0) is 16.4. The molecule has 0 amide bonds. The summed E-state index contributed by atoms with van der Waals surface area (Å²) in [6.07, 6.45) is 6.47. The van der Waals surface area contributed by atoms with Crippen LogP contribution < -0.4 is 5.32 Å². The Morgan fingerprint density at radius 2 is 1.50 bits per heavy atom. The van der Waals surface area contributed by atoms with Crippen molar-refractivity contribution in [2.75, 3.05) is 0 Å². The van der Waals surface area contributed by atoms with E-state index in [0.717, 1.165) is 18.4 Å². The number of hydrogen-bond donors (Lipinski definition) is 1. The van der Waals surface area contributed by atoms with Crippen molar-refractivity contribution >= 4 is 5.78 Å². The fourth-order valence-corrected chi connectivity index (χ4v) is 4.32. The molecule has 4 rings (SSSR count). The minimum absolute atomic E-state index is 0.260. The molecule has 2 nitrogen and oxygen atoms in total. The van der Waals surface area contributed by atoms with Gasteiger partial charge in [-0.3, -0.25) is 4.79 Å². The van der Waals surface area contributed by atoms with Crippen LogP contribution in [0.5, 0.6) is 0 Å². The summed E-state index contributed by atoms with van der Waals surface area (Å²) in [5.74, 6) is 0.691. The monoisotopic (exact) mass is 319 g/mol. The molecular weight excluding hydrogens is 294 g/mol. The predicted molar refractivity (Wildman–Crippen MR) is 97.9 cm³/mol. The summed E-state index contributed by atoms with van der Waals surface area (Å²) in [5, 5.41) is 3.67. The first-order chi connectivity index (χ1) is 11.8. The summed E-state index contributed by atoms with van der Waals surface area (Å²) < 4.78 is 0. The Balaban J connectivity index is 1.41. The third-order valence-electron chi connectivity index (χ3n) is 5.61. The minimum atomic E-state index is 0.260. The molecular formula is C22H25NO. The second-order valence-electron chi connectivity index (χ2n) is 7.37. The second kappa shape index (κ2) is 6.90. The van der Waals surface area contributed by atoms with Gasteiger partial charge >= 0.3 is 0 Å². The van der Waals surface area contributed by atoms with Gasteiger partial charge in [0.15, 0.2) is 0 Å². The zero-order valence-electron chi connectivity index (χ0n) is 14.1. The van der Waals surface area contributed by atoms with Gasteiger partial charge in [-0.15, -0.1) is 0 Å². The Labute approximate surface area is 144 Å². The molecule has 0 aliphatic carbocycles. The smallest absolute Gasteiger partial charge is 0.140 e. The molecule has 2 aliphatic heterocycles. The van der Waals surface area contributed by atoms with Crippen LogP contribution >= 0.6 is 0 Å². The summed E-state index contributed by atoms with van der Waals surface area (Å²) in [4.78, 5) is 12.7. The molecule has 2 heterocycles. The maximum absolute atomic E-state index is 12.7. The molecule has 2 atom stereocenters. The molecule has 2 unspecified atom stereocenters. The van der Waals surface area contributed by atoms with Crippen LogP contribution in [0.4, 0.5) is 0 Å². The number of carbonyl (C=O) groups is 1. The third kappa shape index (κ3) is 3.44. The van der Waals surface area contributed by atoms with Crippen LogP contribution in [-0.4, -0.2) is 17.9 Å². The molecule has 0 saturated carbocycles. The van der Waals surface area contributed by atoms with Crippen LogP contribution in [0.2, 0.25) is 0 Å². The standard InChI is InChI=1S/C22H25NO/c24-22(19-14-20-7-4-8-21(15-19)23-20)13-16-9-11-18(12-10-16)17-5-2-1-3-6-17/h1-3,5-6,9-12,19-21,23H,4,7-8,13-15H2.